The number of thiophene rings is 1. The molecule has 138 valence electrons. The Hall–Kier alpha value is -1.45. The fourth-order valence-corrected chi connectivity index (χ4v) is 6.26. The lowest BCUT2D eigenvalue weighted by Crippen LogP contribution is -3.16. The number of quaternary nitrogens is 1. The van der Waals surface area contributed by atoms with E-state index in [0.29, 0.717) is 26.1 Å². The molecule has 2 fully saturated rings. The highest BCUT2D eigenvalue weighted by atomic mass is 32.2. The Bertz CT molecular complexity index is 739. The Morgan fingerprint density at radius 2 is 2.08 bits per heavy atom. The van der Waals surface area contributed by atoms with Crippen molar-refractivity contribution in [3.63, 3.8) is 0 Å². The molecule has 1 atom stereocenters. The first-order valence-corrected chi connectivity index (χ1v) is 11.1. The van der Waals surface area contributed by atoms with Crippen LogP contribution in [0.3, 0.4) is 0 Å². The molecule has 0 bridgehead atoms. The second kappa shape index (κ2) is 7.05. The first-order valence-electron chi connectivity index (χ1n) is 8.44. The Kier molecular flexibility index (Phi) is 5.17. The van der Waals surface area contributed by atoms with Gasteiger partial charge in [0.25, 0.3) is 11.8 Å². The van der Waals surface area contributed by atoms with Gasteiger partial charge in [-0.2, -0.15) is 0 Å². The molecule has 2 amide bonds. The smallest absolute Gasteiger partial charge is 0.275 e. The van der Waals surface area contributed by atoms with E-state index in [9.17, 15) is 18.0 Å². The fraction of sp³-hybridized carbons (Fsp3) is 0.625. The van der Waals surface area contributed by atoms with Gasteiger partial charge in [0.1, 0.15) is 0 Å². The van der Waals surface area contributed by atoms with E-state index in [2.05, 4.69) is 5.32 Å². The van der Waals surface area contributed by atoms with Crippen molar-refractivity contribution in [1.29, 1.82) is 0 Å². The highest BCUT2D eigenvalue weighted by Crippen LogP contribution is 2.22. The van der Waals surface area contributed by atoms with Crippen LogP contribution >= 0.6 is 11.3 Å². The van der Waals surface area contributed by atoms with E-state index >= 15 is 0 Å². The molecule has 7 nitrogen and oxygen atoms in total. The lowest BCUT2D eigenvalue weighted by molar-refractivity contribution is -0.896. The summed E-state index contributed by atoms with van der Waals surface area (Å²) >= 11 is 1.44. The third-order valence-electron chi connectivity index (χ3n) is 4.84. The molecule has 2 aliphatic rings. The maximum absolute atomic E-state index is 12.3. The van der Waals surface area contributed by atoms with E-state index in [1.807, 2.05) is 22.4 Å². The van der Waals surface area contributed by atoms with Crippen LogP contribution in [-0.2, 0) is 14.6 Å². The van der Waals surface area contributed by atoms with Crippen molar-refractivity contribution in [3.8, 4) is 0 Å². The number of nitrogens with zero attached hydrogens (tertiary/aromatic N) is 1. The quantitative estimate of drug-likeness (QED) is 0.679. The van der Waals surface area contributed by atoms with Crippen molar-refractivity contribution in [1.82, 2.24) is 10.2 Å². The summed E-state index contributed by atoms with van der Waals surface area (Å²) in [4.78, 5) is 28.3. The first-order chi connectivity index (χ1) is 11.8. The number of piperazine rings is 1. The highest BCUT2D eigenvalue weighted by molar-refractivity contribution is 7.91. The van der Waals surface area contributed by atoms with Crippen molar-refractivity contribution < 1.29 is 22.9 Å². The summed E-state index contributed by atoms with van der Waals surface area (Å²) in [6, 6.07) is 3.70. The van der Waals surface area contributed by atoms with Gasteiger partial charge in [-0.25, -0.2) is 8.42 Å². The molecule has 1 aromatic heterocycles. The normalized spacial score (nSPS) is 26.5. The second-order valence-corrected chi connectivity index (χ2v) is 10.3. The van der Waals surface area contributed by atoms with Gasteiger partial charge >= 0.3 is 0 Å². The predicted molar refractivity (Wildman–Crippen MR) is 95.6 cm³/mol. The molecule has 9 heteroatoms. The van der Waals surface area contributed by atoms with Gasteiger partial charge in [-0.1, -0.05) is 6.07 Å². The van der Waals surface area contributed by atoms with E-state index in [-0.39, 0.29) is 23.3 Å². The summed E-state index contributed by atoms with van der Waals surface area (Å²) in [6.07, 6.45) is 0.472. The SMILES string of the molecule is C[C@@]1(NC(=O)C[NH+]2CCN(C(=O)c3cccs3)CC2)CCS(=O)(=O)C1. The lowest BCUT2D eigenvalue weighted by atomic mass is 10.0. The largest absolute Gasteiger partial charge is 0.345 e. The van der Waals surface area contributed by atoms with Crippen molar-refractivity contribution in [2.45, 2.75) is 18.9 Å². The molecule has 3 heterocycles. The third kappa shape index (κ3) is 4.59. The number of carbonyl (C=O) groups is 2. The van der Waals surface area contributed by atoms with E-state index < -0.39 is 15.4 Å². The summed E-state index contributed by atoms with van der Waals surface area (Å²) in [7, 11) is -3.04. The molecule has 1 aromatic rings. The summed E-state index contributed by atoms with van der Waals surface area (Å²) in [5.41, 5.74) is -0.647. The predicted octanol–water partition coefficient (Wildman–Crippen LogP) is -1.22. The molecule has 0 spiro atoms. The molecular weight excluding hydrogens is 362 g/mol. The molecule has 2 saturated heterocycles. The van der Waals surface area contributed by atoms with Gasteiger partial charge < -0.3 is 15.1 Å². The molecular formula is C16H24N3O4S2+. The molecule has 2 N–H and O–H groups in total. The van der Waals surface area contributed by atoms with Gasteiger partial charge in [0.15, 0.2) is 16.4 Å². The zero-order chi connectivity index (χ0) is 18.1. The highest BCUT2D eigenvalue weighted by Gasteiger charge is 2.40. The van der Waals surface area contributed by atoms with Crippen LogP contribution < -0.4 is 10.2 Å². The molecule has 2 aliphatic heterocycles. The Morgan fingerprint density at radius 1 is 1.36 bits per heavy atom. The van der Waals surface area contributed by atoms with Gasteiger partial charge in [-0.3, -0.25) is 9.59 Å². The molecule has 0 saturated carbocycles. The van der Waals surface area contributed by atoms with Crippen molar-refractivity contribution in [2.75, 3.05) is 44.2 Å². The van der Waals surface area contributed by atoms with Crippen LogP contribution in [0.5, 0.6) is 0 Å². The summed E-state index contributed by atoms with van der Waals surface area (Å²) in [6.45, 7) is 4.81. The van der Waals surface area contributed by atoms with Crippen LogP contribution in [0.25, 0.3) is 0 Å². The number of hydrogen-bond acceptors (Lipinski definition) is 5. The fourth-order valence-electron chi connectivity index (χ4n) is 3.48. The monoisotopic (exact) mass is 386 g/mol. The van der Waals surface area contributed by atoms with Gasteiger partial charge in [-0.15, -0.1) is 11.3 Å². The zero-order valence-corrected chi connectivity index (χ0v) is 15.9. The number of hydrogen-bond donors (Lipinski definition) is 2. The van der Waals surface area contributed by atoms with Crippen molar-refractivity contribution in [2.24, 2.45) is 0 Å². The number of carbonyl (C=O) groups excluding carboxylic acids is 2. The molecule has 3 rings (SSSR count). The number of rotatable bonds is 4. The number of nitrogens with one attached hydrogen (secondary N) is 2. The van der Waals surface area contributed by atoms with Gasteiger partial charge in [0.2, 0.25) is 0 Å². The van der Waals surface area contributed by atoms with Crippen molar-refractivity contribution >= 4 is 33.0 Å². The molecule has 0 aromatic carbocycles. The Labute approximate surface area is 151 Å². The topological polar surface area (TPSA) is 88.0 Å². The van der Waals surface area contributed by atoms with Gasteiger partial charge in [-0.05, 0) is 24.8 Å². The van der Waals surface area contributed by atoms with Crippen LogP contribution in [0, 0.1) is 0 Å². The van der Waals surface area contributed by atoms with Gasteiger partial charge in [0.05, 0.1) is 48.1 Å². The van der Waals surface area contributed by atoms with Crippen LogP contribution in [0.2, 0.25) is 0 Å². The molecule has 25 heavy (non-hydrogen) atoms. The van der Waals surface area contributed by atoms with Crippen LogP contribution in [0.15, 0.2) is 17.5 Å². The lowest BCUT2D eigenvalue weighted by Gasteiger charge is -2.32. The van der Waals surface area contributed by atoms with E-state index in [0.717, 1.165) is 22.9 Å². The summed E-state index contributed by atoms with van der Waals surface area (Å²) in [5, 5.41) is 4.79. The average Bonchev–Trinajstić information content (AvgIpc) is 3.15. The number of sulfone groups is 1. The third-order valence-corrected chi connectivity index (χ3v) is 7.61. The van der Waals surface area contributed by atoms with Crippen LogP contribution in [0.4, 0.5) is 0 Å². The van der Waals surface area contributed by atoms with Crippen LogP contribution in [0.1, 0.15) is 23.0 Å². The van der Waals surface area contributed by atoms with Crippen LogP contribution in [-0.4, -0.2) is 74.9 Å². The molecule has 0 aliphatic carbocycles. The standard InChI is InChI=1S/C16H23N3O4S2/c1-16(4-10-25(22,23)12-16)17-14(20)11-18-5-7-19(8-6-18)15(21)13-3-2-9-24-13/h2-3,9H,4-8,10-12H2,1H3,(H,17,20)/p+1/t16-/m1/s1. The minimum Gasteiger partial charge on any atom is -0.345 e. The Balaban J connectivity index is 1.46. The van der Waals surface area contributed by atoms with E-state index in [1.165, 1.54) is 11.3 Å². The second-order valence-electron chi connectivity index (χ2n) is 7.15. The molecule has 0 radical (unpaired) electrons. The molecule has 0 unspecified atom stereocenters. The number of amides is 2. The maximum Gasteiger partial charge on any atom is 0.275 e. The van der Waals surface area contributed by atoms with Crippen molar-refractivity contribution in [3.05, 3.63) is 22.4 Å². The van der Waals surface area contributed by atoms with E-state index in [1.54, 1.807) is 6.92 Å². The Morgan fingerprint density at radius 3 is 2.64 bits per heavy atom. The average molecular weight is 387 g/mol. The minimum atomic E-state index is -3.04. The summed E-state index contributed by atoms with van der Waals surface area (Å²) < 4.78 is 23.2. The minimum absolute atomic E-state index is 0.0180. The zero-order valence-electron chi connectivity index (χ0n) is 14.3. The van der Waals surface area contributed by atoms with Gasteiger partial charge in [0, 0.05) is 0 Å². The summed E-state index contributed by atoms with van der Waals surface area (Å²) in [5.74, 6) is 0.0967. The maximum atomic E-state index is 12.3. The first kappa shape index (κ1) is 18.3. The van der Waals surface area contributed by atoms with E-state index in [4.69, 9.17) is 0 Å².